The summed E-state index contributed by atoms with van der Waals surface area (Å²) in [6.45, 7) is 2.67. The van der Waals surface area contributed by atoms with Gasteiger partial charge in [0.25, 0.3) is 0 Å². The highest BCUT2D eigenvalue weighted by Crippen LogP contribution is 2.38. The fraction of sp³-hybridized carbons (Fsp3) is 0.607. The molecule has 3 fully saturated rings. The Morgan fingerprint density at radius 3 is 2.69 bits per heavy atom. The van der Waals surface area contributed by atoms with E-state index in [-0.39, 0.29) is 34.2 Å². The maximum atomic E-state index is 13.4. The van der Waals surface area contributed by atoms with Crippen molar-refractivity contribution in [3.05, 3.63) is 36.5 Å². The summed E-state index contributed by atoms with van der Waals surface area (Å²) in [7, 11) is -5.12. The maximum Gasteiger partial charge on any atom is 0.244 e. The molecule has 0 bridgehead atoms. The molecule has 1 aromatic heterocycles. The summed E-state index contributed by atoms with van der Waals surface area (Å²) in [5.41, 5.74) is 0.271. The van der Waals surface area contributed by atoms with Crippen molar-refractivity contribution in [3.8, 4) is 11.6 Å². The molecule has 4 aliphatic rings. The highest BCUT2D eigenvalue weighted by atomic mass is 32.2. The van der Waals surface area contributed by atoms with Gasteiger partial charge in [0.2, 0.25) is 15.9 Å². The largest absolute Gasteiger partial charge is 0.491 e. The van der Waals surface area contributed by atoms with E-state index >= 15 is 0 Å². The van der Waals surface area contributed by atoms with E-state index in [1.807, 2.05) is 11.9 Å². The molecule has 0 unspecified atom stereocenters. The van der Waals surface area contributed by atoms with Gasteiger partial charge in [0.15, 0.2) is 9.84 Å². The Kier molecular flexibility index (Phi) is 8.13. The van der Waals surface area contributed by atoms with Crippen LogP contribution in [0.5, 0.6) is 11.6 Å². The van der Waals surface area contributed by atoms with Gasteiger partial charge in [-0.1, -0.05) is 6.07 Å². The number of sulfone groups is 1. The van der Waals surface area contributed by atoms with Gasteiger partial charge in [0, 0.05) is 32.7 Å². The molecule has 1 spiro atoms. The molecule has 14 heteroatoms. The van der Waals surface area contributed by atoms with Crippen LogP contribution in [0.3, 0.4) is 0 Å². The number of nitrogens with zero attached hydrogens (tertiary/aromatic N) is 3. The number of fused-ring (bicyclic) bond motifs is 1. The summed E-state index contributed by atoms with van der Waals surface area (Å²) >= 11 is 0. The van der Waals surface area contributed by atoms with E-state index in [4.69, 9.17) is 14.2 Å². The number of hydrogen-bond acceptors (Lipinski definition) is 11. The van der Waals surface area contributed by atoms with E-state index in [1.165, 1.54) is 16.6 Å². The van der Waals surface area contributed by atoms with Gasteiger partial charge in [-0.05, 0) is 56.4 Å². The Bertz CT molecular complexity index is 1510. The third kappa shape index (κ3) is 6.10. The zero-order valence-electron chi connectivity index (χ0n) is 23.6. The summed E-state index contributed by atoms with van der Waals surface area (Å²) in [5, 5.41) is 13.5. The zero-order valence-corrected chi connectivity index (χ0v) is 25.3. The summed E-state index contributed by atoms with van der Waals surface area (Å²) in [6.07, 6.45) is 3.84. The molecule has 12 nitrogen and oxygen atoms in total. The first-order chi connectivity index (χ1) is 20.1. The molecular weight excluding hydrogens is 584 g/mol. The molecule has 2 aromatic rings. The van der Waals surface area contributed by atoms with Crippen LogP contribution >= 0.6 is 0 Å². The maximum absolute atomic E-state index is 13.4. The summed E-state index contributed by atoms with van der Waals surface area (Å²) < 4.78 is 70.7. The quantitative estimate of drug-likeness (QED) is 0.394. The van der Waals surface area contributed by atoms with E-state index in [0.717, 1.165) is 6.42 Å². The van der Waals surface area contributed by atoms with Gasteiger partial charge in [-0.15, -0.1) is 0 Å². The van der Waals surface area contributed by atoms with E-state index in [2.05, 4.69) is 10.3 Å². The van der Waals surface area contributed by atoms with Gasteiger partial charge >= 0.3 is 0 Å². The third-order valence-electron chi connectivity index (χ3n) is 8.55. The first kappa shape index (κ1) is 29.6. The summed E-state index contributed by atoms with van der Waals surface area (Å²) in [5.74, 6) is 0.857. The minimum Gasteiger partial charge on any atom is -0.491 e. The predicted octanol–water partition coefficient (Wildman–Crippen LogP) is 1.19. The van der Waals surface area contributed by atoms with E-state index in [0.29, 0.717) is 75.8 Å². The van der Waals surface area contributed by atoms with Crippen molar-refractivity contribution < 1.29 is 36.2 Å². The van der Waals surface area contributed by atoms with Gasteiger partial charge < -0.3 is 29.5 Å². The minimum absolute atomic E-state index is 0.0188. The first-order valence-corrected chi connectivity index (χ1v) is 17.4. The average Bonchev–Trinajstić information content (AvgIpc) is 3.78. The molecule has 6 rings (SSSR count). The van der Waals surface area contributed by atoms with Crippen molar-refractivity contribution in [1.29, 1.82) is 0 Å². The standard InChI is InChI=1S/C28H38N4O8S2/c1-31-11-12-38-27-26(31)14-25(17-30-27)42(36,37)32-9-7-28(8-10-32)15-20(18-40-28)29-16-21(33)19-39-22-3-2-4-24(13-22)41(34,35)23-5-6-23/h2-4,13-14,17,20-21,23,29,33H,5-12,15-16,18-19H2,1H3/t20-,21+/m1/s1. The number of hydrogen-bond donors (Lipinski definition) is 2. The molecule has 0 radical (unpaired) electrons. The first-order valence-electron chi connectivity index (χ1n) is 14.4. The van der Waals surface area contributed by atoms with Crippen LogP contribution in [0.25, 0.3) is 0 Å². The number of aliphatic hydroxyl groups excluding tert-OH is 1. The number of aliphatic hydroxyl groups is 1. The van der Waals surface area contributed by atoms with Crippen molar-refractivity contribution >= 4 is 25.5 Å². The second kappa shape index (κ2) is 11.5. The molecule has 3 aliphatic heterocycles. The molecule has 2 saturated heterocycles. The Hall–Kier alpha value is -2.49. The van der Waals surface area contributed by atoms with Gasteiger partial charge in [-0.3, -0.25) is 0 Å². The Morgan fingerprint density at radius 2 is 1.93 bits per heavy atom. The highest BCUT2D eigenvalue weighted by Gasteiger charge is 2.45. The molecule has 1 saturated carbocycles. The summed E-state index contributed by atoms with van der Waals surface area (Å²) in [6, 6.07) is 8.09. The second-order valence-corrected chi connectivity index (χ2v) is 15.8. The number of likely N-dealkylation sites (N-methyl/N-ethyl adjacent to an activating group) is 1. The fourth-order valence-corrected chi connectivity index (χ4v) is 8.92. The number of benzene rings is 1. The fourth-order valence-electron chi connectivity index (χ4n) is 5.82. The normalized spacial score (nSPS) is 23.4. The third-order valence-corrected chi connectivity index (χ3v) is 12.7. The Morgan fingerprint density at radius 1 is 1.14 bits per heavy atom. The van der Waals surface area contributed by atoms with Crippen molar-refractivity contribution in [2.24, 2.45) is 0 Å². The predicted molar refractivity (Wildman–Crippen MR) is 154 cm³/mol. The van der Waals surface area contributed by atoms with Crippen LogP contribution in [-0.4, -0.2) is 107 Å². The van der Waals surface area contributed by atoms with Crippen LogP contribution in [0.1, 0.15) is 32.1 Å². The molecule has 230 valence electrons. The topological polar surface area (TPSA) is 148 Å². The molecule has 2 atom stereocenters. The van der Waals surface area contributed by atoms with Crippen LogP contribution in [0.15, 0.2) is 46.3 Å². The SMILES string of the molecule is CN1CCOc2ncc(S(=O)(=O)N3CCC4(CC3)C[C@@H](NC[C@H](O)COc3cccc(S(=O)(=O)C5CC5)c3)CO4)cc21. The van der Waals surface area contributed by atoms with Crippen LogP contribution in [0.4, 0.5) is 5.69 Å². The van der Waals surface area contributed by atoms with Crippen molar-refractivity contribution in [2.45, 2.75) is 64.9 Å². The van der Waals surface area contributed by atoms with Gasteiger partial charge in [-0.25, -0.2) is 21.8 Å². The molecule has 1 aromatic carbocycles. The van der Waals surface area contributed by atoms with Crippen molar-refractivity contribution in [3.63, 3.8) is 0 Å². The lowest BCUT2D eigenvalue weighted by Gasteiger charge is -2.38. The Balaban J connectivity index is 0.968. The number of nitrogens with one attached hydrogen (secondary N) is 1. The van der Waals surface area contributed by atoms with E-state index < -0.39 is 31.6 Å². The highest BCUT2D eigenvalue weighted by molar-refractivity contribution is 7.92. The lowest BCUT2D eigenvalue weighted by molar-refractivity contribution is -0.0312. The number of sulfonamides is 1. The van der Waals surface area contributed by atoms with Crippen molar-refractivity contribution in [2.75, 3.05) is 57.9 Å². The number of aromatic nitrogens is 1. The number of pyridine rings is 1. The van der Waals surface area contributed by atoms with Crippen LogP contribution in [0, 0.1) is 0 Å². The number of anilines is 1. The lowest BCUT2D eigenvalue weighted by atomic mass is 9.88. The second-order valence-electron chi connectivity index (χ2n) is 11.7. The molecule has 2 N–H and O–H groups in total. The summed E-state index contributed by atoms with van der Waals surface area (Å²) in [4.78, 5) is 6.60. The van der Waals surface area contributed by atoms with Gasteiger partial charge in [-0.2, -0.15) is 4.31 Å². The molecule has 42 heavy (non-hydrogen) atoms. The minimum atomic E-state index is -3.70. The smallest absolute Gasteiger partial charge is 0.244 e. The van der Waals surface area contributed by atoms with Crippen LogP contribution < -0.4 is 19.7 Å². The van der Waals surface area contributed by atoms with Gasteiger partial charge in [0.05, 0.1) is 35.1 Å². The molecule has 1 aliphatic carbocycles. The van der Waals surface area contributed by atoms with E-state index in [9.17, 15) is 21.9 Å². The number of piperidine rings is 1. The average molecular weight is 623 g/mol. The van der Waals surface area contributed by atoms with Crippen molar-refractivity contribution in [1.82, 2.24) is 14.6 Å². The van der Waals surface area contributed by atoms with Crippen LogP contribution in [0.2, 0.25) is 0 Å². The molecular formula is C28H38N4O8S2. The molecule has 4 heterocycles. The number of rotatable bonds is 10. The van der Waals surface area contributed by atoms with Crippen LogP contribution in [-0.2, 0) is 24.6 Å². The van der Waals surface area contributed by atoms with E-state index in [1.54, 1.807) is 24.3 Å². The number of ether oxygens (including phenoxy) is 3. The Labute approximate surface area is 246 Å². The monoisotopic (exact) mass is 622 g/mol. The molecule has 0 amide bonds. The lowest BCUT2D eigenvalue weighted by Crippen LogP contribution is -2.47. The van der Waals surface area contributed by atoms with Gasteiger partial charge in [0.1, 0.15) is 35.7 Å². The zero-order chi connectivity index (χ0) is 29.5.